The smallest absolute Gasteiger partial charge is 0.416 e. The Morgan fingerprint density at radius 3 is 2.54 bits per heavy atom. The first-order valence-corrected chi connectivity index (χ1v) is 7.16. The van der Waals surface area contributed by atoms with E-state index in [-0.39, 0.29) is 33.2 Å². The van der Waals surface area contributed by atoms with E-state index in [9.17, 15) is 23.1 Å². The maximum Gasteiger partial charge on any atom is 0.416 e. The molecule has 24 heavy (non-hydrogen) atoms. The van der Waals surface area contributed by atoms with E-state index in [2.05, 4.69) is 4.98 Å². The minimum absolute atomic E-state index is 0.00111. The molecule has 0 amide bonds. The average molecular weight is 355 g/mol. The van der Waals surface area contributed by atoms with Gasteiger partial charge in [-0.2, -0.15) is 13.2 Å². The summed E-state index contributed by atoms with van der Waals surface area (Å²) < 4.78 is 39.7. The van der Waals surface area contributed by atoms with Crippen molar-refractivity contribution >= 4 is 22.6 Å². The van der Waals surface area contributed by atoms with Crippen molar-refractivity contribution < 1.29 is 18.3 Å². The summed E-state index contributed by atoms with van der Waals surface area (Å²) in [6, 6.07) is 6.96. The fraction of sp³-hybridized carbons (Fsp3) is 0.125. The standard InChI is InChI=1S/C16H10ClF3N2O2/c1-8-15(24)22(13-7-10(17)3-5-14(13)23)12-4-2-9(16(18,19)20)6-11(12)21-8/h2-7,23H,1H3. The van der Waals surface area contributed by atoms with Gasteiger partial charge in [0.05, 0.1) is 22.3 Å². The van der Waals surface area contributed by atoms with E-state index in [1.165, 1.54) is 25.1 Å². The zero-order valence-corrected chi connectivity index (χ0v) is 13.0. The number of benzene rings is 2. The Kier molecular flexibility index (Phi) is 3.76. The fourth-order valence-electron chi connectivity index (χ4n) is 2.39. The number of alkyl halides is 3. The van der Waals surface area contributed by atoms with Crippen molar-refractivity contribution in [2.24, 2.45) is 0 Å². The Morgan fingerprint density at radius 1 is 1.17 bits per heavy atom. The number of aryl methyl sites for hydroxylation is 1. The summed E-state index contributed by atoms with van der Waals surface area (Å²) in [4.78, 5) is 16.4. The number of aromatic hydroxyl groups is 1. The monoisotopic (exact) mass is 354 g/mol. The van der Waals surface area contributed by atoms with E-state index in [1.54, 1.807) is 0 Å². The molecule has 0 bridgehead atoms. The summed E-state index contributed by atoms with van der Waals surface area (Å²) in [5, 5.41) is 10.3. The molecular weight excluding hydrogens is 345 g/mol. The van der Waals surface area contributed by atoms with Crippen LogP contribution in [0.5, 0.6) is 5.75 Å². The van der Waals surface area contributed by atoms with Crippen LogP contribution in [0.2, 0.25) is 5.02 Å². The lowest BCUT2D eigenvalue weighted by Gasteiger charge is -2.14. The highest BCUT2D eigenvalue weighted by Crippen LogP contribution is 2.32. The highest BCUT2D eigenvalue weighted by Gasteiger charge is 2.31. The molecule has 0 fully saturated rings. The first-order valence-electron chi connectivity index (χ1n) is 6.78. The van der Waals surface area contributed by atoms with Crippen LogP contribution in [0.25, 0.3) is 16.7 Å². The fourth-order valence-corrected chi connectivity index (χ4v) is 2.56. The number of hydrogen-bond acceptors (Lipinski definition) is 3. The minimum Gasteiger partial charge on any atom is -0.506 e. The Labute approximate surface area is 138 Å². The third-order valence-corrected chi connectivity index (χ3v) is 3.76. The molecule has 1 aromatic heterocycles. The molecule has 8 heteroatoms. The predicted molar refractivity (Wildman–Crippen MR) is 83.8 cm³/mol. The van der Waals surface area contributed by atoms with Gasteiger partial charge in [0.1, 0.15) is 11.4 Å². The quantitative estimate of drug-likeness (QED) is 0.716. The van der Waals surface area contributed by atoms with Gasteiger partial charge in [-0.3, -0.25) is 9.36 Å². The molecule has 3 aromatic rings. The van der Waals surface area contributed by atoms with Crippen LogP contribution in [0.15, 0.2) is 41.2 Å². The average Bonchev–Trinajstić information content (AvgIpc) is 2.50. The van der Waals surface area contributed by atoms with Crippen molar-refractivity contribution in [3.63, 3.8) is 0 Å². The van der Waals surface area contributed by atoms with E-state index in [0.717, 1.165) is 22.8 Å². The molecule has 0 aliphatic carbocycles. The second-order valence-electron chi connectivity index (χ2n) is 5.17. The molecule has 0 unspecified atom stereocenters. The van der Waals surface area contributed by atoms with Crippen LogP contribution in [0.3, 0.4) is 0 Å². The summed E-state index contributed by atoms with van der Waals surface area (Å²) in [5.74, 6) is -0.228. The molecule has 124 valence electrons. The third kappa shape index (κ3) is 2.71. The molecule has 0 saturated carbocycles. The molecule has 0 spiro atoms. The van der Waals surface area contributed by atoms with Crippen LogP contribution < -0.4 is 5.56 Å². The van der Waals surface area contributed by atoms with Crippen molar-refractivity contribution in [1.82, 2.24) is 9.55 Å². The molecule has 3 rings (SSSR count). The molecule has 4 nitrogen and oxygen atoms in total. The largest absolute Gasteiger partial charge is 0.506 e. The predicted octanol–water partition coefficient (Wildman–Crippen LogP) is 4.07. The Hall–Kier alpha value is -2.54. The normalized spacial score (nSPS) is 11.9. The summed E-state index contributed by atoms with van der Waals surface area (Å²) in [5.41, 5.74) is -1.23. The number of phenolic OH excluding ortho intramolecular Hbond substituents is 1. The van der Waals surface area contributed by atoms with Gasteiger partial charge in [-0.1, -0.05) is 11.6 Å². The number of rotatable bonds is 1. The van der Waals surface area contributed by atoms with Gasteiger partial charge in [0.25, 0.3) is 5.56 Å². The highest BCUT2D eigenvalue weighted by molar-refractivity contribution is 6.30. The van der Waals surface area contributed by atoms with Crippen molar-refractivity contribution in [1.29, 1.82) is 0 Å². The van der Waals surface area contributed by atoms with Crippen molar-refractivity contribution in [3.8, 4) is 11.4 Å². The van der Waals surface area contributed by atoms with Gasteiger partial charge in [0.2, 0.25) is 0 Å². The lowest BCUT2D eigenvalue weighted by Crippen LogP contribution is -2.23. The molecule has 0 atom stereocenters. The lowest BCUT2D eigenvalue weighted by molar-refractivity contribution is -0.137. The maximum absolute atomic E-state index is 12.9. The first kappa shape index (κ1) is 16.3. The van der Waals surface area contributed by atoms with Crippen LogP contribution in [0.4, 0.5) is 13.2 Å². The lowest BCUT2D eigenvalue weighted by atomic mass is 10.1. The summed E-state index contributed by atoms with van der Waals surface area (Å²) in [7, 11) is 0. The zero-order chi connectivity index (χ0) is 17.6. The van der Waals surface area contributed by atoms with Crippen molar-refractivity contribution in [2.45, 2.75) is 13.1 Å². The molecule has 0 radical (unpaired) electrons. The first-order chi connectivity index (χ1) is 11.2. The third-order valence-electron chi connectivity index (χ3n) is 3.52. The van der Waals surface area contributed by atoms with Crippen molar-refractivity contribution in [2.75, 3.05) is 0 Å². The van der Waals surface area contributed by atoms with Gasteiger partial charge in [-0.05, 0) is 43.3 Å². The molecule has 0 aliphatic heterocycles. The van der Waals surface area contributed by atoms with Crippen molar-refractivity contribution in [3.05, 3.63) is 63.0 Å². The van der Waals surface area contributed by atoms with Crippen LogP contribution in [-0.2, 0) is 6.18 Å². The Balaban J connectivity index is 2.41. The van der Waals surface area contributed by atoms with Gasteiger partial charge in [-0.25, -0.2) is 4.98 Å². The van der Waals surface area contributed by atoms with E-state index in [1.807, 2.05) is 0 Å². The molecule has 2 aromatic carbocycles. The molecule has 1 N–H and O–H groups in total. The summed E-state index contributed by atoms with van der Waals surface area (Å²) in [6.07, 6.45) is -4.52. The highest BCUT2D eigenvalue weighted by atomic mass is 35.5. The maximum atomic E-state index is 12.9. The molecule has 0 aliphatic rings. The van der Waals surface area contributed by atoms with Gasteiger partial charge in [0, 0.05) is 5.02 Å². The second-order valence-corrected chi connectivity index (χ2v) is 5.61. The number of fused-ring (bicyclic) bond motifs is 1. The summed E-state index contributed by atoms with van der Waals surface area (Å²) >= 11 is 5.90. The van der Waals surface area contributed by atoms with E-state index in [0.29, 0.717) is 0 Å². The van der Waals surface area contributed by atoms with E-state index >= 15 is 0 Å². The Morgan fingerprint density at radius 2 is 1.88 bits per heavy atom. The second kappa shape index (κ2) is 5.52. The number of nitrogens with zero attached hydrogens (tertiary/aromatic N) is 2. The summed E-state index contributed by atoms with van der Waals surface area (Å²) in [6.45, 7) is 1.39. The number of hydrogen-bond donors (Lipinski definition) is 1. The minimum atomic E-state index is -4.52. The topological polar surface area (TPSA) is 55.1 Å². The molecule has 0 saturated heterocycles. The van der Waals surface area contributed by atoms with Crippen LogP contribution in [-0.4, -0.2) is 14.7 Å². The number of halogens is 4. The van der Waals surface area contributed by atoms with E-state index < -0.39 is 17.3 Å². The van der Waals surface area contributed by atoms with Crippen LogP contribution >= 0.6 is 11.6 Å². The zero-order valence-electron chi connectivity index (χ0n) is 12.2. The van der Waals surface area contributed by atoms with E-state index in [4.69, 9.17) is 11.6 Å². The molecular formula is C16H10ClF3N2O2. The number of phenols is 1. The SMILES string of the molecule is Cc1nc2cc(C(F)(F)F)ccc2n(-c2cc(Cl)ccc2O)c1=O. The van der Waals surface area contributed by atoms with Gasteiger partial charge >= 0.3 is 6.18 Å². The van der Waals surface area contributed by atoms with Gasteiger partial charge in [-0.15, -0.1) is 0 Å². The number of aromatic nitrogens is 2. The molecule has 1 heterocycles. The van der Waals surface area contributed by atoms with Gasteiger partial charge < -0.3 is 5.11 Å². The van der Waals surface area contributed by atoms with Crippen LogP contribution in [0.1, 0.15) is 11.3 Å². The van der Waals surface area contributed by atoms with Gasteiger partial charge in [0.15, 0.2) is 0 Å². The van der Waals surface area contributed by atoms with Crippen LogP contribution in [0, 0.1) is 6.92 Å². The Bertz CT molecular complexity index is 1010.